The molecule has 0 heterocycles. The maximum Gasteiger partial charge on any atom is 0.209 e. The molecule has 20 heavy (non-hydrogen) atoms. The molecule has 1 aromatic carbocycles. The van der Waals surface area contributed by atoms with Crippen LogP contribution in [0.1, 0.15) is 19.4 Å². The minimum atomic E-state index is -3.27. The van der Waals surface area contributed by atoms with E-state index in [0.717, 1.165) is 6.26 Å². The third-order valence-electron chi connectivity index (χ3n) is 2.44. The summed E-state index contributed by atoms with van der Waals surface area (Å²) in [5.74, 6) is 0. The summed E-state index contributed by atoms with van der Waals surface area (Å²) in [6, 6.07) is 5.18. The van der Waals surface area contributed by atoms with E-state index in [-0.39, 0.29) is 4.99 Å². The first-order valence-electron chi connectivity index (χ1n) is 5.82. The van der Waals surface area contributed by atoms with Crippen molar-refractivity contribution in [1.29, 1.82) is 0 Å². The fraction of sp³-hybridized carbons (Fsp3) is 0.417. The van der Waals surface area contributed by atoms with Crippen molar-refractivity contribution >= 4 is 44.5 Å². The molecule has 0 spiro atoms. The van der Waals surface area contributed by atoms with E-state index in [1.807, 2.05) is 0 Å². The zero-order chi connectivity index (χ0) is 15.6. The molecule has 112 valence electrons. The lowest BCUT2D eigenvalue weighted by Crippen LogP contribution is -2.47. The van der Waals surface area contributed by atoms with Gasteiger partial charge >= 0.3 is 0 Å². The van der Waals surface area contributed by atoms with Crippen LogP contribution in [0, 0.1) is 0 Å². The van der Waals surface area contributed by atoms with E-state index >= 15 is 0 Å². The average molecular weight is 336 g/mol. The van der Waals surface area contributed by atoms with Crippen molar-refractivity contribution in [2.75, 3.05) is 18.1 Å². The van der Waals surface area contributed by atoms with Crippen LogP contribution in [0.25, 0.3) is 0 Å². The molecule has 0 aliphatic heterocycles. The highest BCUT2D eigenvalue weighted by molar-refractivity contribution is 7.88. The molecular formula is C12H18ClN3O2S2. The largest absolute Gasteiger partial charge is 0.389 e. The quantitative estimate of drug-likeness (QED) is 0.689. The van der Waals surface area contributed by atoms with Crippen LogP contribution in [0.4, 0.5) is 5.69 Å². The molecule has 4 N–H and O–H groups in total. The summed E-state index contributed by atoms with van der Waals surface area (Å²) in [6.45, 7) is 3.93. The molecule has 1 aromatic rings. The van der Waals surface area contributed by atoms with Crippen molar-refractivity contribution in [3.05, 3.63) is 28.8 Å². The standard InChI is InChI=1S/C12H18ClN3O2S2/c1-12(2,16-20(3,17)18)7-15-10-5-4-8(11(14)19)6-9(10)13/h4-6,15-16H,7H2,1-3H3,(H2,14,19). The lowest BCUT2D eigenvalue weighted by atomic mass is 10.1. The number of hydrogen-bond acceptors (Lipinski definition) is 4. The molecule has 0 radical (unpaired) electrons. The summed E-state index contributed by atoms with van der Waals surface area (Å²) >= 11 is 11.0. The fourth-order valence-corrected chi connectivity index (χ4v) is 3.12. The monoisotopic (exact) mass is 335 g/mol. The Bertz CT molecular complexity index is 615. The molecule has 0 aromatic heterocycles. The summed E-state index contributed by atoms with van der Waals surface area (Å²) in [5.41, 5.74) is 6.26. The smallest absolute Gasteiger partial charge is 0.209 e. The van der Waals surface area contributed by atoms with Gasteiger partial charge in [0, 0.05) is 17.6 Å². The third-order valence-corrected chi connectivity index (χ3v) is 3.91. The molecule has 0 saturated heterocycles. The zero-order valence-corrected chi connectivity index (χ0v) is 13.9. The van der Waals surface area contributed by atoms with E-state index < -0.39 is 15.6 Å². The summed E-state index contributed by atoms with van der Waals surface area (Å²) in [5, 5.41) is 3.58. The zero-order valence-electron chi connectivity index (χ0n) is 11.5. The molecule has 1 rings (SSSR count). The van der Waals surface area contributed by atoms with Crippen LogP contribution in [0.3, 0.4) is 0 Å². The maximum atomic E-state index is 11.3. The van der Waals surface area contributed by atoms with Crippen LogP contribution in [0.5, 0.6) is 0 Å². The van der Waals surface area contributed by atoms with Gasteiger partial charge < -0.3 is 11.1 Å². The molecule has 0 aliphatic carbocycles. The Labute approximate surface area is 129 Å². The highest BCUT2D eigenvalue weighted by atomic mass is 35.5. The number of benzene rings is 1. The van der Waals surface area contributed by atoms with Gasteiger partial charge in [-0.2, -0.15) is 0 Å². The van der Waals surface area contributed by atoms with Gasteiger partial charge in [0.2, 0.25) is 10.0 Å². The molecule has 0 fully saturated rings. The van der Waals surface area contributed by atoms with Crippen LogP contribution < -0.4 is 15.8 Å². The van der Waals surface area contributed by atoms with Crippen molar-refractivity contribution in [2.45, 2.75) is 19.4 Å². The van der Waals surface area contributed by atoms with Gasteiger partial charge in [0.15, 0.2) is 0 Å². The first kappa shape index (κ1) is 17.2. The second-order valence-corrected chi connectivity index (χ2v) is 7.77. The van der Waals surface area contributed by atoms with E-state index in [4.69, 9.17) is 29.6 Å². The van der Waals surface area contributed by atoms with Crippen LogP contribution in [-0.4, -0.2) is 31.7 Å². The van der Waals surface area contributed by atoms with Gasteiger partial charge in [-0.25, -0.2) is 13.1 Å². The predicted octanol–water partition coefficient (Wildman–Crippen LogP) is 1.71. The number of hydrogen-bond donors (Lipinski definition) is 3. The van der Waals surface area contributed by atoms with Crippen LogP contribution in [-0.2, 0) is 10.0 Å². The molecule has 0 aliphatic rings. The van der Waals surface area contributed by atoms with Crippen molar-refractivity contribution in [1.82, 2.24) is 4.72 Å². The van der Waals surface area contributed by atoms with E-state index in [1.165, 1.54) is 0 Å². The molecule has 0 atom stereocenters. The average Bonchev–Trinajstić information content (AvgIpc) is 2.23. The lowest BCUT2D eigenvalue weighted by Gasteiger charge is -2.26. The number of nitrogens with two attached hydrogens (primary N) is 1. The SMILES string of the molecule is CC(C)(CNc1ccc(C(N)=S)cc1Cl)NS(C)(=O)=O. The minimum absolute atomic E-state index is 0.275. The van der Waals surface area contributed by atoms with Crippen molar-refractivity contribution < 1.29 is 8.42 Å². The fourth-order valence-electron chi connectivity index (χ4n) is 1.67. The summed E-state index contributed by atoms with van der Waals surface area (Å²) < 4.78 is 25.0. The number of anilines is 1. The van der Waals surface area contributed by atoms with Crippen LogP contribution >= 0.6 is 23.8 Å². The maximum absolute atomic E-state index is 11.3. The first-order valence-corrected chi connectivity index (χ1v) is 8.50. The number of halogens is 1. The van der Waals surface area contributed by atoms with Crippen molar-refractivity contribution in [3.63, 3.8) is 0 Å². The highest BCUT2D eigenvalue weighted by Crippen LogP contribution is 2.23. The molecule has 0 saturated carbocycles. The second kappa shape index (κ2) is 6.26. The van der Waals surface area contributed by atoms with Gasteiger partial charge in [-0.05, 0) is 32.0 Å². The number of rotatable bonds is 6. The Morgan fingerprint density at radius 3 is 2.50 bits per heavy atom. The van der Waals surface area contributed by atoms with Gasteiger partial charge in [-0.1, -0.05) is 23.8 Å². The Morgan fingerprint density at radius 2 is 2.05 bits per heavy atom. The van der Waals surface area contributed by atoms with E-state index in [2.05, 4.69) is 10.0 Å². The van der Waals surface area contributed by atoms with Crippen molar-refractivity contribution in [3.8, 4) is 0 Å². The third kappa shape index (κ3) is 5.62. The molecular weight excluding hydrogens is 318 g/mol. The lowest BCUT2D eigenvalue weighted by molar-refractivity contribution is 0.476. The molecule has 0 amide bonds. The van der Waals surface area contributed by atoms with E-state index in [1.54, 1.807) is 32.0 Å². The van der Waals surface area contributed by atoms with E-state index in [0.29, 0.717) is 22.8 Å². The van der Waals surface area contributed by atoms with Gasteiger partial charge in [0.25, 0.3) is 0 Å². The first-order chi connectivity index (χ1) is 9.00. The summed E-state index contributed by atoms with van der Waals surface area (Å²) in [7, 11) is -3.27. The van der Waals surface area contributed by atoms with Crippen LogP contribution in [0.2, 0.25) is 5.02 Å². The molecule has 0 bridgehead atoms. The summed E-state index contributed by atoms with van der Waals surface area (Å²) in [4.78, 5) is 0.275. The Kier molecular flexibility index (Phi) is 5.37. The Balaban J connectivity index is 2.78. The van der Waals surface area contributed by atoms with Gasteiger partial charge in [-0.15, -0.1) is 0 Å². The minimum Gasteiger partial charge on any atom is -0.389 e. The van der Waals surface area contributed by atoms with Gasteiger partial charge in [0.05, 0.1) is 17.0 Å². The second-order valence-electron chi connectivity index (χ2n) is 5.17. The van der Waals surface area contributed by atoms with Crippen LogP contribution in [0.15, 0.2) is 18.2 Å². The topological polar surface area (TPSA) is 84.2 Å². The molecule has 8 heteroatoms. The molecule has 0 unspecified atom stereocenters. The Morgan fingerprint density at radius 1 is 1.45 bits per heavy atom. The normalized spacial score (nSPS) is 12.2. The van der Waals surface area contributed by atoms with Gasteiger partial charge in [0.1, 0.15) is 4.99 Å². The Hall–Kier alpha value is -0.890. The van der Waals surface area contributed by atoms with Gasteiger partial charge in [-0.3, -0.25) is 0 Å². The predicted molar refractivity (Wildman–Crippen MR) is 87.9 cm³/mol. The molecule has 5 nitrogen and oxygen atoms in total. The van der Waals surface area contributed by atoms with Crippen molar-refractivity contribution in [2.24, 2.45) is 5.73 Å². The number of nitrogens with one attached hydrogen (secondary N) is 2. The highest BCUT2D eigenvalue weighted by Gasteiger charge is 2.22. The number of sulfonamides is 1. The number of thiocarbonyl (C=S) groups is 1. The summed E-state index contributed by atoms with van der Waals surface area (Å²) in [6.07, 6.45) is 1.12. The van der Waals surface area contributed by atoms with E-state index in [9.17, 15) is 8.42 Å².